The second-order valence-electron chi connectivity index (χ2n) is 8.59. The lowest BCUT2D eigenvalue weighted by Crippen LogP contribution is -2.50. The second-order valence-corrected chi connectivity index (χ2v) is 8.59. The minimum atomic E-state index is -0.266. The molecular weight excluding hydrogens is 424 g/mol. The van der Waals surface area contributed by atoms with E-state index >= 15 is 0 Å². The molecule has 0 radical (unpaired) electrons. The number of hydrogen-bond acceptors (Lipinski definition) is 8. The molecule has 0 saturated carbocycles. The number of carbonyl (C=O) groups is 2. The Labute approximate surface area is 194 Å². The number of carbonyl (C=O) groups excluding carboxylic acids is 2. The third-order valence-electron chi connectivity index (χ3n) is 6.40. The van der Waals surface area contributed by atoms with Gasteiger partial charge in [-0.3, -0.25) is 9.59 Å². The molecule has 1 aromatic rings. The smallest absolute Gasteiger partial charge is 0.255 e. The first kappa shape index (κ1) is 23.2. The molecule has 178 valence electrons. The molecule has 1 aromatic heterocycles. The number of amides is 2. The van der Waals surface area contributed by atoms with Crippen LogP contribution in [0.4, 0.5) is 5.82 Å². The maximum atomic E-state index is 13.1. The highest BCUT2D eigenvalue weighted by Crippen LogP contribution is 2.34. The van der Waals surface area contributed by atoms with Gasteiger partial charge in [0.1, 0.15) is 12.8 Å². The third kappa shape index (κ3) is 4.73. The Morgan fingerprint density at radius 1 is 1.30 bits per heavy atom. The topological polar surface area (TPSA) is 81.7 Å². The number of likely N-dealkylation sites (N-methyl/N-ethyl adjacent to an activating group) is 1. The van der Waals surface area contributed by atoms with E-state index in [9.17, 15) is 9.59 Å². The summed E-state index contributed by atoms with van der Waals surface area (Å²) >= 11 is 0. The molecule has 10 nitrogen and oxygen atoms in total. The highest BCUT2D eigenvalue weighted by molar-refractivity contribution is 5.95. The maximum Gasteiger partial charge on any atom is 0.255 e. The number of nitrogens with zero attached hydrogens (tertiary/aromatic N) is 6. The van der Waals surface area contributed by atoms with Crippen LogP contribution in [0.25, 0.3) is 0 Å². The molecule has 3 aliphatic heterocycles. The number of anilines is 1. The van der Waals surface area contributed by atoms with Crippen molar-refractivity contribution >= 4 is 18.1 Å². The lowest BCUT2D eigenvalue weighted by Gasteiger charge is -2.39. The standard InChI is InChI=1S/C23H32N6O4/c1-25(2)26(3)21-13-18(7-9-28(21)16-30)29-10-11-33-20-12-17(14-24-22(20)29)23(31)27-8-5-6-19(15-27)32-4/h7,9,12-14,16,19,21H,5-6,8,10-11,15H2,1-4H3. The van der Waals surface area contributed by atoms with Crippen molar-refractivity contribution in [1.29, 1.82) is 0 Å². The van der Waals surface area contributed by atoms with Gasteiger partial charge in [0.15, 0.2) is 11.6 Å². The first-order valence-electron chi connectivity index (χ1n) is 11.2. The van der Waals surface area contributed by atoms with E-state index in [0.717, 1.165) is 24.9 Å². The van der Waals surface area contributed by atoms with E-state index < -0.39 is 0 Å². The van der Waals surface area contributed by atoms with Crippen molar-refractivity contribution in [1.82, 2.24) is 24.8 Å². The number of piperidine rings is 1. The van der Waals surface area contributed by atoms with Crippen LogP contribution in [0.1, 0.15) is 23.2 Å². The molecule has 3 aliphatic rings. The van der Waals surface area contributed by atoms with Crippen molar-refractivity contribution in [3.8, 4) is 5.75 Å². The van der Waals surface area contributed by atoms with Gasteiger partial charge in [-0.05, 0) is 31.1 Å². The van der Waals surface area contributed by atoms with E-state index in [2.05, 4.69) is 9.88 Å². The van der Waals surface area contributed by atoms with Crippen molar-refractivity contribution < 1.29 is 19.1 Å². The number of fused-ring (bicyclic) bond motifs is 1. The summed E-state index contributed by atoms with van der Waals surface area (Å²) in [5, 5.41) is 3.88. The molecule has 0 spiro atoms. The minimum absolute atomic E-state index is 0.0566. The van der Waals surface area contributed by atoms with Crippen LogP contribution in [0.3, 0.4) is 0 Å². The average Bonchev–Trinajstić information content (AvgIpc) is 2.86. The molecule has 0 aliphatic carbocycles. The van der Waals surface area contributed by atoms with E-state index in [-0.39, 0.29) is 18.2 Å². The molecule has 0 aromatic carbocycles. The van der Waals surface area contributed by atoms with Gasteiger partial charge in [-0.1, -0.05) is 0 Å². The Balaban J connectivity index is 1.58. The van der Waals surface area contributed by atoms with Crippen molar-refractivity contribution in [2.24, 2.45) is 0 Å². The Bertz CT molecular complexity index is 949. The number of likely N-dealkylation sites (tertiary alicyclic amines) is 1. The zero-order valence-electron chi connectivity index (χ0n) is 19.7. The highest BCUT2D eigenvalue weighted by Gasteiger charge is 2.30. The van der Waals surface area contributed by atoms with E-state index in [1.165, 1.54) is 0 Å². The molecule has 2 amide bonds. The van der Waals surface area contributed by atoms with Crippen molar-refractivity contribution in [3.05, 3.63) is 41.9 Å². The van der Waals surface area contributed by atoms with Crippen molar-refractivity contribution in [2.45, 2.75) is 25.1 Å². The van der Waals surface area contributed by atoms with Gasteiger partial charge in [0.25, 0.3) is 5.91 Å². The number of hydrazine groups is 1. The minimum Gasteiger partial charge on any atom is -0.488 e. The zero-order chi connectivity index (χ0) is 23.5. The molecular formula is C23H32N6O4. The van der Waals surface area contributed by atoms with Crippen molar-refractivity contribution in [3.63, 3.8) is 0 Å². The Morgan fingerprint density at radius 3 is 2.85 bits per heavy atom. The first-order valence-corrected chi connectivity index (χ1v) is 11.2. The summed E-state index contributed by atoms with van der Waals surface area (Å²) < 4.78 is 11.3. The number of ether oxygens (including phenoxy) is 2. The fraction of sp³-hybridized carbons (Fsp3) is 0.522. The summed E-state index contributed by atoms with van der Waals surface area (Å²) in [5.74, 6) is 1.18. The number of rotatable bonds is 6. The van der Waals surface area contributed by atoms with Gasteiger partial charge < -0.3 is 24.2 Å². The largest absolute Gasteiger partial charge is 0.488 e. The summed E-state index contributed by atoms with van der Waals surface area (Å²) in [4.78, 5) is 34.7. The molecule has 2 atom stereocenters. The first-order chi connectivity index (χ1) is 15.9. The molecule has 4 heterocycles. The van der Waals surface area contributed by atoms with E-state index in [1.54, 1.807) is 30.5 Å². The fourth-order valence-corrected chi connectivity index (χ4v) is 4.32. The lowest BCUT2D eigenvalue weighted by molar-refractivity contribution is -0.123. The van der Waals surface area contributed by atoms with Crippen LogP contribution in [0.2, 0.25) is 0 Å². The Morgan fingerprint density at radius 2 is 2.12 bits per heavy atom. The van der Waals surface area contributed by atoms with E-state index in [4.69, 9.17) is 9.47 Å². The quantitative estimate of drug-likeness (QED) is 0.466. The number of methoxy groups -OCH3 is 1. The number of pyridine rings is 1. The predicted octanol–water partition coefficient (Wildman–Crippen LogP) is 1.14. The predicted molar refractivity (Wildman–Crippen MR) is 123 cm³/mol. The molecule has 10 heteroatoms. The van der Waals surface area contributed by atoms with Gasteiger partial charge in [0.05, 0.1) is 18.2 Å². The Kier molecular flexibility index (Phi) is 6.96. The summed E-state index contributed by atoms with van der Waals surface area (Å²) in [6, 6.07) is 1.78. The maximum absolute atomic E-state index is 13.1. The second kappa shape index (κ2) is 9.90. The van der Waals surface area contributed by atoms with Gasteiger partial charge in [-0.15, -0.1) is 0 Å². The number of aromatic nitrogens is 1. The monoisotopic (exact) mass is 456 g/mol. The van der Waals surface area contributed by atoms with Crippen LogP contribution >= 0.6 is 0 Å². The average molecular weight is 457 g/mol. The fourth-order valence-electron chi connectivity index (χ4n) is 4.32. The van der Waals surface area contributed by atoms with Gasteiger partial charge >= 0.3 is 0 Å². The number of allylic oxidation sites excluding steroid dienone is 1. The third-order valence-corrected chi connectivity index (χ3v) is 6.40. The van der Waals surface area contributed by atoms with Gasteiger partial charge in [0, 0.05) is 59.4 Å². The molecule has 2 unspecified atom stereocenters. The van der Waals surface area contributed by atoms with Crippen LogP contribution in [0.15, 0.2) is 36.3 Å². The van der Waals surface area contributed by atoms with Crippen molar-refractivity contribution in [2.75, 3.05) is 59.4 Å². The van der Waals surface area contributed by atoms with Crippen LogP contribution in [0.5, 0.6) is 5.75 Å². The Hall–Kier alpha value is -2.95. The van der Waals surface area contributed by atoms with Crippen LogP contribution in [-0.2, 0) is 9.53 Å². The molecule has 1 fully saturated rings. The lowest BCUT2D eigenvalue weighted by atomic mass is 10.1. The van der Waals surface area contributed by atoms with Gasteiger partial charge in [-0.2, -0.15) is 0 Å². The van der Waals surface area contributed by atoms with Crippen LogP contribution in [0, 0.1) is 0 Å². The molecule has 0 bridgehead atoms. The SMILES string of the molecule is COC1CCCN(C(=O)c2cnc3c(c2)OCCN3C2=CC(N(C)N(C)C)N(C=O)C=C2)C1. The zero-order valence-corrected chi connectivity index (χ0v) is 19.7. The summed E-state index contributed by atoms with van der Waals surface area (Å²) in [5.41, 5.74) is 1.43. The summed E-state index contributed by atoms with van der Waals surface area (Å²) in [7, 11) is 7.46. The van der Waals surface area contributed by atoms with Gasteiger partial charge in [0.2, 0.25) is 6.41 Å². The van der Waals surface area contributed by atoms with E-state index in [0.29, 0.717) is 43.4 Å². The molecule has 1 saturated heterocycles. The van der Waals surface area contributed by atoms with Crippen LogP contribution in [-0.4, -0.2) is 104 Å². The normalized spacial score (nSPS) is 22.8. The molecule has 4 rings (SSSR count). The summed E-state index contributed by atoms with van der Waals surface area (Å²) in [6.07, 6.45) is 9.80. The number of hydrogen-bond donors (Lipinski definition) is 0. The van der Waals surface area contributed by atoms with Crippen LogP contribution < -0.4 is 9.64 Å². The molecule has 0 N–H and O–H groups in total. The molecule has 33 heavy (non-hydrogen) atoms. The highest BCUT2D eigenvalue weighted by atomic mass is 16.5. The van der Waals surface area contributed by atoms with Gasteiger partial charge in [-0.25, -0.2) is 15.0 Å². The van der Waals surface area contributed by atoms with E-state index in [1.807, 2.05) is 48.2 Å². The summed E-state index contributed by atoms with van der Waals surface area (Å²) in [6.45, 7) is 2.39.